The second-order valence-corrected chi connectivity index (χ2v) is 7.43. The van der Waals surface area contributed by atoms with E-state index in [9.17, 15) is 0 Å². The lowest BCUT2D eigenvalue weighted by molar-refractivity contribution is 0.149. The lowest BCUT2D eigenvalue weighted by Crippen LogP contribution is -2.41. The average Bonchev–Trinajstić information content (AvgIpc) is 3.17. The van der Waals surface area contributed by atoms with Crippen molar-refractivity contribution in [2.45, 2.75) is 57.4 Å². The summed E-state index contributed by atoms with van der Waals surface area (Å²) in [4.78, 5) is 12.2. The van der Waals surface area contributed by atoms with Gasteiger partial charge in [0.2, 0.25) is 0 Å². The molecule has 0 unspecified atom stereocenters. The lowest BCUT2D eigenvalue weighted by atomic mass is 9.90. The summed E-state index contributed by atoms with van der Waals surface area (Å²) in [5.41, 5.74) is 4.77. The number of likely N-dealkylation sites (tertiary alicyclic amines) is 1. The molecule has 2 aliphatic rings. The largest absolute Gasteiger partial charge is 0.300 e. The molecule has 1 aliphatic heterocycles. The zero-order valence-corrected chi connectivity index (χ0v) is 14.6. The Balaban J connectivity index is 1.61. The van der Waals surface area contributed by atoms with E-state index in [1.54, 1.807) is 0 Å². The molecule has 1 saturated carbocycles. The molecule has 24 heavy (non-hydrogen) atoms. The number of hydrogen-bond acceptors (Lipinski definition) is 3. The normalized spacial score (nSPS) is 22.8. The predicted octanol–water partition coefficient (Wildman–Crippen LogP) is 4.57. The molecule has 126 valence electrons. The van der Waals surface area contributed by atoms with Gasteiger partial charge in [-0.1, -0.05) is 36.6 Å². The summed E-state index contributed by atoms with van der Waals surface area (Å²) in [6.45, 7) is 4.56. The third-order valence-corrected chi connectivity index (χ3v) is 5.70. The van der Waals surface area contributed by atoms with Crippen LogP contribution >= 0.6 is 0 Å². The first-order valence-corrected chi connectivity index (χ1v) is 9.43. The molecule has 1 saturated heterocycles. The summed E-state index contributed by atoms with van der Waals surface area (Å²) < 4.78 is 0. The van der Waals surface area contributed by atoms with Gasteiger partial charge in [-0.25, -0.2) is 0 Å². The molecule has 0 amide bonds. The van der Waals surface area contributed by atoms with Crippen molar-refractivity contribution >= 4 is 0 Å². The number of piperidine rings is 1. The fourth-order valence-electron chi connectivity index (χ4n) is 4.49. The van der Waals surface area contributed by atoms with Crippen LogP contribution in [-0.4, -0.2) is 34.0 Å². The molecule has 0 radical (unpaired) electrons. The molecule has 0 bridgehead atoms. The van der Waals surface area contributed by atoms with E-state index in [0.717, 1.165) is 18.3 Å². The zero-order chi connectivity index (χ0) is 16.4. The molecular weight excluding hydrogens is 294 g/mol. The molecule has 1 atom stereocenters. The molecule has 1 aromatic heterocycles. The second kappa shape index (κ2) is 7.02. The Morgan fingerprint density at radius 3 is 2.67 bits per heavy atom. The maximum Gasteiger partial charge on any atom is 0.0920 e. The quantitative estimate of drug-likeness (QED) is 0.829. The summed E-state index contributed by atoms with van der Waals surface area (Å²) >= 11 is 0. The number of hydrogen-bond donors (Lipinski definition) is 0. The van der Waals surface area contributed by atoms with E-state index in [0.29, 0.717) is 5.92 Å². The third kappa shape index (κ3) is 3.23. The van der Waals surface area contributed by atoms with Crippen molar-refractivity contribution in [1.82, 2.24) is 14.9 Å². The maximum atomic E-state index is 4.78. The van der Waals surface area contributed by atoms with Gasteiger partial charge < -0.3 is 0 Å². The van der Waals surface area contributed by atoms with Gasteiger partial charge in [0.25, 0.3) is 0 Å². The van der Waals surface area contributed by atoms with Crippen molar-refractivity contribution in [2.24, 2.45) is 0 Å². The van der Waals surface area contributed by atoms with Crippen LogP contribution in [0.3, 0.4) is 0 Å². The Morgan fingerprint density at radius 2 is 1.83 bits per heavy atom. The highest BCUT2D eigenvalue weighted by atomic mass is 15.2. The number of nitrogens with zero attached hydrogens (tertiary/aromatic N) is 3. The Morgan fingerprint density at radius 1 is 1.00 bits per heavy atom. The first-order chi connectivity index (χ1) is 11.8. The van der Waals surface area contributed by atoms with Crippen molar-refractivity contribution < 1.29 is 0 Å². The van der Waals surface area contributed by atoms with Crippen LogP contribution in [0.1, 0.15) is 55.7 Å². The number of aromatic nitrogens is 2. The molecule has 2 fully saturated rings. The molecule has 1 aliphatic carbocycles. The zero-order valence-electron chi connectivity index (χ0n) is 14.6. The van der Waals surface area contributed by atoms with Crippen molar-refractivity contribution in [2.75, 3.05) is 13.1 Å². The molecule has 0 spiro atoms. The van der Waals surface area contributed by atoms with E-state index in [1.165, 1.54) is 61.9 Å². The van der Waals surface area contributed by atoms with Crippen LogP contribution in [0.5, 0.6) is 0 Å². The smallest absolute Gasteiger partial charge is 0.0920 e. The second-order valence-electron chi connectivity index (χ2n) is 7.43. The van der Waals surface area contributed by atoms with Gasteiger partial charge in [-0.15, -0.1) is 0 Å². The van der Waals surface area contributed by atoms with E-state index < -0.39 is 0 Å². The Labute approximate surface area is 145 Å². The van der Waals surface area contributed by atoms with Crippen LogP contribution < -0.4 is 0 Å². The topological polar surface area (TPSA) is 29.0 Å². The highest BCUT2D eigenvalue weighted by Crippen LogP contribution is 2.34. The summed E-state index contributed by atoms with van der Waals surface area (Å²) in [6, 6.07) is 9.46. The van der Waals surface area contributed by atoms with Crippen LogP contribution in [0, 0.1) is 6.92 Å². The lowest BCUT2D eigenvalue weighted by Gasteiger charge is -2.37. The van der Waals surface area contributed by atoms with Crippen LogP contribution in [0.15, 0.2) is 36.7 Å². The SMILES string of the molecule is Cc1cccc(-c2nccnc2[C@H]2CCCN(C3CCCC3)C2)c1. The van der Waals surface area contributed by atoms with Crippen LogP contribution in [0.25, 0.3) is 11.3 Å². The molecule has 3 heteroatoms. The predicted molar refractivity (Wildman–Crippen MR) is 98.0 cm³/mol. The fraction of sp³-hybridized carbons (Fsp3) is 0.524. The number of benzene rings is 1. The number of rotatable bonds is 3. The highest BCUT2D eigenvalue weighted by Gasteiger charge is 2.30. The summed E-state index contributed by atoms with van der Waals surface area (Å²) in [6.07, 6.45) is 11.8. The van der Waals surface area contributed by atoms with Crippen molar-refractivity contribution in [3.05, 3.63) is 47.9 Å². The average molecular weight is 321 g/mol. The first-order valence-electron chi connectivity index (χ1n) is 9.43. The van der Waals surface area contributed by atoms with Gasteiger partial charge in [0.05, 0.1) is 11.4 Å². The van der Waals surface area contributed by atoms with Gasteiger partial charge in [0.15, 0.2) is 0 Å². The Hall–Kier alpha value is -1.74. The monoisotopic (exact) mass is 321 g/mol. The summed E-state index contributed by atoms with van der Waals surface area (Å²) in [5.74, 6) is 0.517. The van der Waals surface area contributed by atoms with E-state index in [1.807, 2.05) is 12.4 Å². The van der Waals surface area contributed by atoms with E-state index >= 15 is 0 Å². The molecule has 3 nitrogen and oxygen atoms in total. The molecule has 0 N–H and O–H groups in total. The Bertz CT molecular complexity index is 691. The van der Waals surface area contributed by atoms with Gasteiger partial charge in [-0.3, -0.25) is 14.9 Å². The highest BCUT2D eigenvalue weighted by molar-refractivity contribution is 5.63. The van der Waals surface area contributed by atoms with Crippen molar-refractivity contribution in [3.63, 3.8) is 0 Å². The van der Waals surface area contributed by atoms with Gasteiger partial charge in [0, 0.05) is 36.5 Å². The molecule has 1 aromatic carbocycles. The fourth-order valence-corrected chi connectivity index (χ4v) is 4.49. The van der Waals surface area contributed by atoms with Crippen molar-refractivity contribution in [1.29, 1.82) is 0 Å². The van der Waals surface area contributed by atoms with Gasteiger partial charge in [-0.2, -0.15) is 0 Å². The number of aryl methyl sites for hydroxylation is 1. The van der Waals surface area contributed by atoms with E-state index in [2.05, 4.69) is 36.1 Å². The third-order valence-electron chi connectivity index (χ3n) is 5.70. The minimum atomic E-state index is 0.517. The summed E-state index contributed by atoms with van der Waals surface area (Å²) in [5, 5.41) is 0. The minimum Gasteiger partial charge on any atom is -0.300 e. The van der Waals surface area contributed by atoms with Crippen LogP contribution in [-0.2, 0) is 0 Å². The van der Waals surface area contributed by atoms with E-state index in [4.69, 9.17) is 9.97 Å². The van der Waals surface area contributed by atoms with Gasteiger partial charge in [-0.05, 0) is 45.2 Å². The maximum absolute atomic E-state index is 4.78. The molecular formula is C21H27N3. The van der Waals surface area contributed by atoms with Gasteiger partial charge >= 0.3 is 0 Å². The minimum absolute atomic E-state index is 0.517. The first kappa shape index (κ1) is 15.8. The molecule has 4 rings (SSSR count). The summed E-state index contributed by atoms with van der Waals surface area (Å²) in [7, 11) is 0. The van der Waals surface area contributed by atoms with Crippen molar-refractivity contribution in [3.8, 4) is 11.3 Å². The molecule has 2 heterocycles. The standard InChI is InChI=1S/C21H27N3/c1-16-6-4-7-17(14-16)20-21(23-12-11-22-20)18-8-5-13-24(15-18)19-9-2-3-10-19/h4,6-7,11-12,14,18-19H,2-3,5,8-10,13,15H2,1H3/t18-/m0/s1. The Kier molecular flexibility index (Phi) is 4.61. The van der Waals surface area contributed by atoms with Crippen LogP contribution in [0.2, 0.25) is 0 Å². The van der Waals surface area contributed by atoms with E-state index in [-0.39, 0.29) is 0 Å². The van der Waals surface area contributed by atoms with Crippen LogP contribution in [0.4, 0.5) is 0 Å². The van der Waals surface area contributed by atoms with Gasteiger partial charge in [0.1, 0.15) is 0 Å². The molecule has 2 aromatic rings.